The topological polar surface area (TPSA) is 75.7 Å². The van der Waals surface area contributed by atoms with Crippen LogP contribution < -0.4 is 4.72 Å². The predicted molar refractivity (Wildman–Crippen MR) is 88.3 cm³/mol. The van der Waals surface area contributed by atoms with E-state index in [4.69, 9.17) is 4.74 Å². The highest BCUT2D eigenvalue weighted by atomic mass is 32.2. The summed E-state index contributed by atoms with van der Waals surface area (Å²) in [6, 6.07) is 9.47. The molecule has 1 aliphatic rings. The van der Waals surface area contributed by atoms with E-state index in [0.717, 1.165) is 24.7 Å². The van der Waals surface area contributed by atoms with Crippen LogP contribution in [0.3, 0.4) is 0 Å². The van der Waals surface area contributed by atoms with Gasteiger partial charge in [0.15, 0.2) is 0 Å². The summed E-state index contributed by atoms with van der Waals surface area (Å²) in [6.07, 6.45) is 2.12. The van der Waals surface area contributed by atoms with Crippen LogP contribution in [0.5, 0.6) is 0 Å². The van der Waals surface area contributed by atoms with Gasteiger partial charge in [-0.3, -0.25) is 4.79 Å². The maximum Gasteiger partial charge on any atom is 0.251 e. The zero-order chi connectivity index (χ0) is 16.9. The van der Waals surface area contributed by atoms with Crippen LogP contribution in [-0.2, 0) is 26.2 Å². The first-order valence-corrected chi connectivity index (χ1v) is 9.66. The molecule has 23 heavy (non-hydrogen) atoms. The average Bonchev–Trinajstić information content (AvgIpc) is 2.51. The second kappa shape index (κ2) is 7.90. The van der Waals surface area contributed by atoms with E-state index in [2.05, 4.69) is 4.72 Å². The zero-order valence-electron chi connectivity index (χ0n) is 13.6. The molecule has 0 bridgehead atoms. The molecule has 6 nitrogen and oxygen atoms in total. The van der Waals surface area contributed by atoms with Crippen molar-refractivity contribution >= 4 is 15.9 Å². The van der Waals surface area contributed by atoms with E-state index in [9.17, 15) is 13.2 Å². The number of nitrogens with zero attached hydrogens (tertiary/aromatic N) is 1. The number of likely N-dealkylation sites (tertiary alicyclic amines) is 1. The number of ether oxygens (including phenoxy) is 1. The highest BCUT2D eigenvalue weighted by Crippen LogP contribution is 2.14. The van der Waals surface area contributed by atoms with E-state index < -0.39 is 16.1 Å². The summed E-state index contributed by atoms with van der Waals surface area (Å²) in [5.74, 6) is -0.0964. The lowest BCUT2D eigenvalue weighted by Crippen LogP contribution is -2.51. The minimum Gasteiger partial charge on any atom is -0.364 e. The Morgan fingerprint density at radius 3 is 2.74 bits per heavy atom. The first-order valence-electron chi connectivity index (χ1n) is 7.77. The molecule has 1 aromatic rings. The molecule has 1 saturated heterocycles. The molecule has 2 rings (SSSR count). The molecule has 0 aromatic heterocycles. The van der Waals surface area contributed by atoms with Gasteiger partial charge in [-0.25, -0.2) is 13.1 Å². The molecule has 0 radical (unpaired) electrons. The molecule has 0 aliphatic carbocycles. The van der Waals surface area contributed by atoms with Gasteiger partial charge in [-0.1, -0.05) is 30.3 Å². The summed E-state index contributed by atoms with van der Waals surface area (Å²) >= 11 is 0. The van der Waals surface area contributed by atoms with Gasteiger partial charge in [-0.05, 0) is 25.3 Å². The van der Waals surface area contributed by atoms with E-state index in [-0.39, 0.29) is 11.9 Å². The van der Waals surface area contributed by atoms with Gasteiger partial charge < -0.3 is 9.64 Å². The number of hydrogen-bond donors (Lipinski definition) is 1. The Kier molecular flexibility index (Phi) is 6.15. The zero-order valence-corrected chi connectivity index (χ0v) is 14.4. The number of amides is 1. The largest absolute Gasteiger partial charge is 0.364 e. The van der Waals surface area contributed by atoms with Crippen LogP contribution in [0, 0.1) is 0 Å². The van der Waals surface area contributed by atoms with Crippen molar-refractivity contribution in [2.24, 2.45) is 0 Å². The maximum atomic E-state index is 12.5. The van der Waals surface area contributed by atoms with Crippen molar-refractivity contribution in [1.29, 1.82) is 0 Å². The minimum absolute atomic E-state index is 0.0964. The molecule has 0 saturated carbocycles. The Morgan fingerprint density at radius 2 is 2.09 bits per heavy atom. The van der Waals surface area contributed by atoms with Crippen molar-refractivity contribution in [3.05, 3.63) is 35.9 Å². The Hall–Kier alpha value is -1.44. The fourth-order valence-electron chi connectivity index (χ4n) is 2.70. The van der Waals surface area contributed by atoms with Crippen LogP contribution in [0.4, 0.5) is 0 Å². The third kappa shape index (κ3) is 5.93. The number of sulfonamides is 1. The van der Waals surface area contributed by atoms with Gasteiger partial charge in [0.05, 0.1) is 12.9 Å². The lowest BCUT2D eigenvalue weighted by atomic mass is 10.1. The van der Waals surface area contributed by atoms with Gasteiger partial charge in [0.1, 0.15) is 6.10 Å². The number of carbonyl (C=O) groups is 1. The number of carbonyl (C=O) groups excluding carboxylic acids is 1. The molecule has 0 spiro atoms. The van der Waals surface area contributed by atoms with E-state index in [1.165, 1.54) is 0 Å². The summed E-state index contributed by atoms with van der Waals surface area (Å²) < 4.78 is 30.9. The molecule has 7 heteroatoms. The van der Waals surface area contributed by atoms with Gasteiger partial charge in [0.25, 0.3) is 5.91 Å². The second-order valence-electron chi connectivity index (χ2n) is 5.95. The van der Waals surface area contributed by atoms with E-state index in [1.807, 2.05) is 30.3 Å². The minimum atomic E-state index is -3.26. The fourth-order valence-corrected chi connectivity index (χ4v) is 3.50. The number of benzene rings is 1. The van der Waals surface area contributed by atoms with Crippen molar-refractivity contribution < 1.29 is 17.9 Å². The Bertz CT molecular complexity index is 618. The first kappa shape index (κ1) is 17.9. The monoisotopic (exact) mass is 340 g/mol. The lowest BCUT2D eigenvalue weighted by molar-refractivity contribution is -0.144. The van der Waals surface area contributed by atoms with Crippen LogP contribution in [0.1, 0.15) is 25.3 Å². The van der Waals surface area contributed by atoms with E-state index in [0.29, 0.717) is 19.7 Å². The molecule has 1 aromatic carbocycles. The number of piperidine rings is 1. The van der Waals surface area contributed by atoms with Crippen molar-refractivity contribution in [2.45, 2.75) is 38.5 Å². The summed E-state index contributed by atoms with van der Waals surface area (Å²) in [4.78, 5) is 14.1. The summed E-state index contributed by atoms with van der Waals surface area (Å²) in [5, 5.41) is 0. The lowest BCUT2D eigenvalue weighted by Gasteiger charge is -2.34. The third-order valence-electron chi connectivity index (χ3n) is 3.80. The number of nitrogens with one attached hydrogen (secondary N) is 1. The molecule has 0 unspecified atom stereocenters. The summed E-state index contributed by atoms with van der Waals surface area (Å²) in [7, 11) is -3.26. The average molecular weight is 340 g/mol. The fraction of sp³-hybridized carbons (Fsp3) is 0.562. The quantitative estimate of drug-likeness (QED) is 0.842. The summed E-state index contributed by atoms with van der Waals surface area (Å²) in [6.45, 7) is 3.15. The van der Waals surface area contributed by atoms with Gasteiger partial charge in [0, 0.05) is 19.1 Å². The van der Waals surface area contributed by atoms with E-state index in [1.54, 1.807) is 11.8 Å². The number of rotatable bonds is 6. The Balaban J connectivity index is 1.86. The Morgan fingerprint density at radius 1 is 1.39 bits per heavy atom. The molecular weight excluding hydrogens is 316 g/mol. The molecule has 1 heterocycles. The second-order valence-corrected chi connectivity index (χ2v) is 7.73. The molecule has 128 valence electrons. The normalized spacial score (nSPS) is 20.3. The van der Waals surface area contributed by atoms with Crippen LogP contribution in [0.25, 0.3) is 0 Å². The van der Waals surface area contributed by atoms with Crippen molar-refractivity contribution in [1.82, 2.24) is 9.62 Å². The highest BCUT2D eigenvalue weighted by Gasteiger charge is 2.28. The van der Waals surface area contributed by atoms with Gasteiger partial charge in [0.2, 0.25) is 10.0 Å². The highest BCUT2D eigenvalue weighted by molar-refractivity contribution is 7.88. The van der Waals surface area contributed by atoms with Crippen LogP contribution in [0.15, 0.2) is 30.3 Å². The third-order valence-corrected chi connectivity index (χ3v) is 4.57. The van der Waals surface area contributed by atoms with Crippen LogP contribution >= 0.6 is 0 Å². The predicted octanol–water partition coefficient (Wildman–Crippen LogP) is 1.13. The Labute approximate surface area is 137 Å². The molecule has 1 N–H and O–H groups in total. The van der Waals surface area contributed by atoms with Gasteiger partial charge in [-0.2, -0.15) is 0 Å². The number of hydrogen-bond acceptors (Lipinski definition) is 4. The molecule has 1 fully saturated rings. The van der Waals surface area contributed by atoms with Crippen LogP contribution in [0.2, 0.25) is 0 Å². The van der Waals surface area contributed by atoms with Crippen molar-refractivity contribution in [2.75, 3.05) is 19.3 Å². The maximum absolute atomic E-state index is 12.5. The molecule has 2 atom stereocenters. The van der Waals surface area contributed by atoms with Gasteiger partial charge in [-0.15, -0.1) is 0 Å². The standard InChI is InChI=1S/C16H24N2O4S/c1-13(22-12-14-7-4-3-5-8-14)16(19)18-10-6-9-15(11-18)17-23(2,20)21/h3-5,7-8,13,15,17H,6,9-12H2,1-2H3/t13-,15-/m0/s1. The van der Waals surface area contributed by atoms with E-state index >= 15 is 0 Å². The molecule has 1 aliphatic heterocycles. The first-order chi connectivity index (χ1) is 10.8. The summed E-state index contributed by atoms with van der Waals surface area (Å²) in [5.41, 5.74) is 1.02. The van der Waals surface area contributed by atoms with Crippen molar-refractivity contribution in [3.8, 4) is 0 Å². The van der Waals surface area contributed by atoms with Gasteiger partial charge >= 0.3 is 0 Å². The van der Waals surface area contributed by atoms with Crippen molar-refractivity contribution in [3.63, 3.8) is 0 Å². The SMILES string of the molecule is C[C@H](OCc1ccccc1)C(=O)N1CCC[C@H](NS(C)(=O)=O)C1. The smallest absolute Gasteiger partial charge is 0.251 e. The molecule has 1 amide bonds. The van der Waals surface area contributed by atoms with Crippen LogP contribution in [-0.4, -0.2) is 50.7 Å². The molecular formula is C16H24N2O4S.